The molecular weight excluding hydrogens is 613 g/mol. The molecule has 1 atom stereocenters. The zero-order chi connectivity index (χ0) is 33.8. The molecule has 12 nitrogen and oxygen atoms in total. The van der Waals surface area contributed by atoms with Gasteiger partial charge in [-0.25, -0.2) is 14.4 Å². The molecule has 2 aromatic heterocycles. The topological polar surface area (TPSA) is 132 Å². The SMILES string of the molecule is CC(C)N(C(=O)c1cc(F)ccc1Oc1nncnc1N1CC[C@@H](CN2CCC3(CCC(NC(=O)c4cnc[nH]4)CC3)CC2)C1)C(C)C. The minimum atomic E-state index is -0.510. The molecular formula is C35H48FN9O3. The van der Waals surface area contributed by atoms with Gasteiger partial charge in [0.15, 0.2) is 5.82 Å². The van der Waals surface area contributed by atoms with E-state index in [-0.39, 0.29) is 47.1 Å². The van der Waals surface area contributed by atoms with Gasteiger partial charge in [0.1, 0.15) is 23.6 Å². The lowest BCUT2D eigenvalue weighted by molar-refractivity contribution is 0.0510. The zero-order valence-corrected chi connectivity index (χ0v) is 28.5. The van der Waals surface area contributed by atoms with Crippen molar-refractivity contribution >= 4 is 17.6 Å². The maximum absolute atomic E-state index is 14.4. The van der Waals surface area contributed by atoms with Gasteiger partial charge in [0.2, 0.25) is 0 Å². The van der Waals surface area contributed by atoms with Gasteiger partial charge in [-0.1, -0.05) is 0 Å². The number of likely N-dealkylation sites (tertiary alicyclic amines) is 1. The fraction of sp³-hybridized carbons (Fsp3) is 0.600. The molecule has 2 amide bonds. The summed E-state index contributed by atoms with van der Waals surface area (Å²) in [6, 6.07) is 4.06. The van der Waals surface area contributed by atoms with Crippen molar-refractivity contribution in [2.24, 2.45) is 11.3 Å². The van der Waals surface area contributed by atoms with Crippen LogP contribution in [0.4, 0.5) is 10.2 Å². The Morgan fingerprint density at radius 2 is 1.83 bits per heavy atom. The predicted molar refractivity (Wildman–Crippen MR) is 179 cm³/mol. The monoisotopic (exact) mass is 661 g/mol. The Morgan fingerprint density at radius 3 is 2.52 bits per heavy atom. The van der Waals surface area contributed by atoms with Crippen molar-refractivity contribution < 1.29 is 18.7 Å². The standard InChI is InChI=1S/C35H48FN9O3/c1-23(2)45(24(3)4)34(47)28-17-26(36)5-6-30(28)48-33-31(39-22-40-42-33)44-14-9-25(20-44)19-43-15-12-35(13-16-43)10-7-27(8-11-35)41-32(46)29-18-37-21-38-29/h5-6,17-18,21-25,27H,7-16,19-20H2,1-4H3,(H,37,38)(H,41,46)/t25-/m0/s1. The number of amides is 2. The molecule has 0 radical (unpaired) electrons. The summed E-state index contributed by atoms with van der Waals surface area (Å²) >= 11 is 0. The number of hydrogen-bond acceptors (Lipinski definition) is 9. The maximum Gasteiger partial charge on any atom is 0.282 e. The first-order valence-corrected chi connectivity index (χ1v) is 17.3. The normalized spacial score (nSPS) is 20.1. The molecule has 6 rings (SSSR count). The number of aromatic nitrogens is 5. The quantitative estimate of drug-likeness (QED) is 0.306. The van der Waals surface area contributed by atoms with Gasteiger partial charge in [-0.05, 0) is 115 Å². The number of imidazole rings is 1. The Balaban J connectivity index is 1.03. The van der Waals surface area contributed by atoms with Gasteiger partial charge < -0.3 is 29.7 Å². The second kappa shape index (κ2) is 14.6. The fourth-order valence-corrected chi connectivity index (χ4v) is 7.88. The average Bonchev–Trinajstić information content (AvgIpc) is 3.78. The van der Waals surface area contributed by atoms with Gasteiger partial charge >= 0.3 is 0 Å². The summed E-state index contributed by atoms with van der Waals surface area (Å²) in [5.41, 5.74) is 1.04. The summed E-state index contributed by atoms with van der Waals surface area (Å²) in [5, 5.41) is 11.4. The predicted octanol–water partition coefficient (Wildman–Crippen LogP) is 5.07. The number of benzene rings is 1. The number of ether oxygens (including phenoxy) is 1. The van der Waals surface area contributed by atoms with E-state index in [9.17, 15) is 14.0 Å². The smallest absolute Gasteiger partial charge is 0.282 e. The van der Waals surface area contributed by atoms with Crippen LogP contribution in [-0.2, 0) is 0 Å². The lowest BCUT2D eigenvalue weighted by atomic mass is 9.67. The second-order valence-corrected chi connectivity index (χ2v) is 14.3. The van der Waals surface area contributed by atoms with Crippen LogP contribution >= 0.6 is 0 Å². The zero-order valence-electron chi connectivity index (χ0n) is 28.5. The molecule has 0 bridgehead atoms. The molecule has 1 spiro atoms. The summed E-state index contributed by atoms with van der Waals surface area (Å²) in [7, 11) is 0. The lowest BCUT2D eigenvalue weighted by Gasteiger charge is -2.46. The highest BCUT2D eigenvalue weighted by atomic mass is 19.1. The van der Waals surface area contributed by atoms with E-state index >= 15 is 0 Å². The first-order chi connectivity index (χ1) is 23.1. The molecule has 3 aromatic rings. The molecule has 3 fully saturated rings. The van der Waals surface area contributed by atoms with Crippen molar-refractivity contribution in [2.45, 2.75) is 90.8 Å². The third-order valence-corrected chi connectivity index (χ3v) is 10.4. The van der Waals surface area contributed by atoms with Crippen LogP contribution in [0.2, 0.25) is 0 Å². The Labute approximate surface area is 281 Å². The Bertz CT molecular complexity index is 1540. The highest BCUT2D eigenvalue weighted by Crippen LogP contribution is 2.45. The van der Waals surface area contributed by atoms with Gasteiger partial charge in [0.25, 0.3) is 17.7 Å². The van der Waals surface area contributed by atoms with Crippen LogP contribution in [0, 0.1) is 17.2 Å². The second-order valence-electron chi connectivity index (χ2n) is 14.3. The summed E-state index contributed by atoms with van der Waals surface area (Å²) in [6.45, 7) is 12.6. The largest absolute Gasteiger partial charge is 0.434 e. The van der Waals surface area contributed by atoms with Crippen LogP contribution in [0.3, 0.4) is 0 Å². The molecule has 4 heterocycles. The van der Waals surface area contributed by atoms with E-state index in [0.29, 0.717) is 22.8 Å². The van der Waals surface area contributed by atoms with Crippen LogP contribution < -0.4 is 15.0 Å². The van der Waals surface area contributed by atoms with Crippen LogP contribution in [0.25, 0.3) is 0 Å². The molecule has 0 unspecified atom stereocenters. The Morgan fingerprint density at radius 1 is 1.08 bits per heavy atom. The van der Waals surface area contributed by atoms with Crippen LogP contribution in [0.5, 0.6) is 11.6 Å². The number of aromatic amines is 1. The van der Waals surface area contributed by atoms with Crippen molar-refractivity contribution in [1.82, 2.24) is 40.3 Å². The molecule has 2 saturated heterocycles. The molecule has 3 aliphatic rings. The molecule has 2 aliphatic heterocycles. The highest BCUT2D eigenvalue weighted by Gasteiger charge is 2.39. The lowest BCUT2D eigenvalue weighted by Crippen LogP contribution is -2.46. The minimum absolute atomic E-state index is 0.0692. The summed E-state index contributed by atoms with van der Waals surface area (Å²) in [6.07, 6.45) is 12.3. The van der Waals surface area contributed by atoms with Crippen LogP contribution in [0.1, 0.15) is 93.5 Å². The number of nitrogens with zero attached hydrogens (tertiary/aromatic N) is 7. The molecule has 48 heavy (non-hydrogen) atoms. The number of hydrogen-bond donors (Lipinski definition) is 2. The van der Waals surface area contributed by atoms with Gasteiger partial charge in [-0.3, -0.25) is 9.59 Å². The van der Waals surface area contributed by atoms with E-state index in [2.05, 4.69) is 40.3 Å². The molecule has 13 heteroatoms. The Kier molecular flexibility index (Phi) is 10.2. The number of H-pyrrole nitrogens is 1. The number of halogens is 1. The number of carbonyl (C=O) groups is 2. The first-order valence-electron chi connectivity index (χ1n) is 17.3. The number of rotatable bonds is 10. The van der Waals surface area contributed by atoms with Crippen LogP contribution in [-0.4, -0.2) is 97.6 Å². The van der Waals surface area contributed by atoms with E-state index in [4.69, 9.17) is 4.74 Å². The number of carbonyl (C=O) groups excluding carboxylic acids is 2. The average molecular weight is 662 g/mol. The van der Waals surface area contributed by atoms with Crippen molar-refractivity contribution in [1.29, 1.82) is 0 Å². The first kappa shape index (κ1) is 33.8. The van der Waals surface area contributed by atoms with Gasteiger partial charge in [0.05, 0.1) is 18.1 Å². The third kappa shape index (κ3) is 7.61. The van der Waals surface area contributed by atoms with E-state index < -0.39 is 5.82 Å². The van der Waals surface area contributed by atoms with Crippen LogP contribution in [0.15, 0.2) is 37.1 Å². The fourth-order valence-electron chi connectivity index (χ4n) is 7.88. The van der Waals surface area contributed by atoms with E-state index in [1.54, 1.807) is 11.1 Å². The van der Waals surface area contributed by atoms with Crippen molar-refractivity contribution in [3.05, 3.63) is 54.1 Å². The van der Waals surface area contributed by atoms with E-state index in [0.717, 1.165) is 64.8 Å². The minimum Gasteiger partial charge on any atom is -0.434 e. The molecule has 1 saturated carbocycles. The van der Waals surface area contributed by atoms with Gasteiger partial charge in [-0.15, -0.1) is 10.2 Å². The number of nitrogens with one attached hydrogen (secondary N) is 2. The molecule has 1 aliphatic carbocycles. The van der Waals surface area contributed by atoms with E-state index in [1.165, 1.54) is 43.7 Å². The van der Waals surface area contributed by atoms with E-state index in [1.807, 2.05) is 27.7 Å². The number of anilines is 1. The molecule has 2 N–H and O–H groups in total. The van der Waals surface area contributed by atoms with Gasteiger partial charge in [0, 0.05) is 37.8 Å². The molecule has 258 valence electrons. The Hall–Kier alpha value is -4.13. The number of piperidine rings is 1. The maximum atomic E-state index is 14.4. The summed E-state index contributed by atoms with van der Waals surface area (Å²) < 4.78 is 20.6. The highest BCUT2D eigenvalue weighted by molar-refractivity contribution is 5.97. The molecule has 1 aromatic carbocycles. The third-order valence-electron chi connectivity index (χ3n) is 10.4. The summed E-state index contributed by atoms with van der Waals surface area (Å²) in [5.74, 6) is 0.601. The summed E-state index contributed by atoms with van der Waals surface area (Å²) in [4.78, 5) is 43.9. The van der Waals surface area contributed by atoms with Crippen molar-refractivity contribution in [3.8, 4) is 11.6 Å². The van der Waals surface area contributed by atoms with Crippen molar-refractivity contribution in [3.63, 3.8) is 0 Å². The van der Waals surface area contributed by atoms with Gasteiger partial charge in [-0.2, -0.15) is 0 Å². The van der Waals surface area contributed by atoms with Crippen molar-refractivity contribution in [2.75, 3.05) is 37.6 Å².